The third-order valence-corrected chi connectivity index (χ3v) is 6.33. The van der Waals surface area contributed by atoms with Crippen LogP contribution >= 0.6 is 11.6 Å². The molecule has 3 rings (SSSR count). The van der Waals surface area contributed by atoms with Crippen LogP contribution in [0.2, 0.25) is 5.02 Å². The van der Waals surface area contributed by atoms with E-state index in [9.17, 15) is 22.0 Å². The summed E-state index contributed by atoms with van der Waals surface area (Å²) in [5, 5.41) is -0.0451. The summed E-state index contributed by atoms with van der Waals surface area (Å²) < 4.78 is 55.4. The second-order valence-corrected chi connectivity index (χ2v) is 8.75. The number of nitrogens with one attached hydrogen (secondary N) is 1. The molecule has 9 heteroatoms. The van der Waals surface area contributed by atoms with Gasteiger partial charge in [0.15, 0.2) is 0 Å². The van der Waals surface area contributed by atoms with Crippen LogP contribution in [0.15, 0.2) is 57.9 Å². The number of carbonyl (C=O) groups excluding carboxylic acids is 1. The molecule has 1 aliphatic heterocycles. The van der Waals surface area contributed by atoms with E-state index in [0.717, 1.165) is 12.1 Å². The Bertz CT molecular complexity index is 1140. The van der Waals surface area contributed by atoms with Crippen molar-refractivity contribution in [2.75, 3.05) is 0 Å². The smallest absolute Gasteiger partial charge is 0.267 e. The zero-order valence-electron chi connectivity index (χ0n) is 15.5. The van der Waals surface area contributed by atoms with E-state index in [2.05, 4.69) is 4.99 Å². The van der Waals surface area contributed by atoms with Crippen molar-refractivity contribution in [2.24, 2.45) is 10.9 Å². The number of halogens is 3. The van der Waals surface area contributed by atoms with Crippen LogP contribution in [-0.2, 0) is 14.8 Å². The van der Waals surface area contributed by atoms with Gasteiger partial charge in [0.25, 0.3) is 15.9 Å². The molecule has 0 saturated carbocycles. The largest absolute Gasteiger partial charge is 0.279 e. The Morgan fingerprint density at radius 1 is 1.14 bits per heavy atom. The first-order chi connectivity index (χ1) is 13.6. The van der Waals surface area contributed by atoms with Gasteiger partial charge in [-0.25, -0.2) is 26.9 Å². The second-order valence-electron chi connectivity index (χ2n) is 6.69. The summed E-state index contributed by atoms with van der Waals surface area (Å²) >= 11 is 5.91. The summed E-state index contributed by atoms with van der Waals surface area (Å²) in [6.07, 6.45) is 0.293. The van der Waals surface area contributed by atoms with Crippen molar-refractivity contribution in [3.05, 3.63) is 70.3 Å². The number of hydrogen-bond donors (Lipinski definition) is 1. The molecule has 1 atom stereocenters. The van der Waals surface area contributed by atoms with Gasteiger partial charge in [0, 0.05) is 5.92 Å². The van der Waals surface area contributed by atoms with Gasteiger partial charge >= 0.3 is 0 Å². The van der Waals surface area contributed by atoms with Crippen molar-refractivity contribution in [1.29, 1.82) is 0 Å². The molecular weight excluding hydrogens is 422 g/mol. The van der Waals surface area contributed by atoms with Crippen LogP contribution in [0, 0.1) is 17.6 Å². The summed E-state index contributed by atoms with van der Waals surface area (Å²) in [4.78, 5) is 16.6. The maximum atomic E-state index is 14.2. The Morgan fingerprint density at radius 2 is 1.76 bits per heavy atom. The normalized spacial score (nSPS) is 17.1. The molecule has 0 bridgehead atoms. The molecule has 1 heterocycles. The maximum absolute atomic E-state index is 14.2. The average Bonchev–Trinajstić information content (AvgIpc) is 2.62. The van der Waals surface area contributed by atoms with Crippen LogP contribution in [0.5, 0.6) is 0 Å². The maximum Gasteiger partial charge on any atom is 0.279 e. The lowest BCUT2D eigenvalue weighted by Crippen LogP contribution is -2.39. The van der Waals surface area contributed by atoms with Gasteiger partial charge in [-0.1, -0.05) is 36.7 Å². The van der Waals surface area contributed by atoms with E-state index in [1.807, 2.05) is 4.72 Å². The minimum atomic E-state index is -4.25. The van der Waals surface area contributed by atoms with Crippen LogP contribution in [0.1, 0.15) is 25.8 Å². The van der Waals surface area contributed by atoms with Gasteiger partial charge in [-0.05, 0) is 43.2 Å². The lowest BCUT2D eigenvalue weighted by Gasteiger charge is -2.23. The molecule has 1 aliphatic rings. The second kappa shape index (κ2) is 8.04. The van der Waals surface area contributed by atoms with Crippen molar-refractivity contribution in [1.82, 2.24) is 4.72 Å². The molecule has 29 heavy (non-hydrogen) atoms. The fraction of sp³-hybridized carbons (Fsp3) is 0.200. The SMILES string of the molecule is CC1=C(c2c(F)cccc2F)N=C(C(=O)NS(=O)(=O)c2ccccc2Cl)C(C)C1. The molecule has 1 amide bonds. The highest BCUT2D eigenvalue weighted by atomic mass is 35.5. The molecule has 2 aromatic rings. The van der Waals surface area contributed by atoms with Gasteiger partial charge < -0.3 is 0 Å². The van der Waals surface area contributed by atoms with Crippen molar-refractivity contribution in [3.63, 3.8) is 0 Å². The number of carbonyl (C=O) groups is 1. The van der Waals surface area contributed by atoms with E-state index in [1.54, 1.807) is 19.9 Å². The number of rotatable bonds is 4. The van der Waals surface area contributed by atoms with Gasteiger partial charge in [-0.3, -0.25) is 4.79 Å². The van der Waals surface area contributed by atoms with E-state index in [1.165, 1.54) is 24.3 Å². The Balaban J connectivity index is 1.99. The Morgan fingerprint density at radius 3 is 2.38 bits per heavy atom. The summed E-state index contributed by atoms with van der Waals surface area (Å²) in [5.41, 5.74) is 0.0889. The number of benzene rings is 2. The predicted molar refractivity (Wildman–Crippen MR) is 107 cm³/mol. The third-order valence-electron chi connectivity index (χ3n) is 4.50. The predicted octanol–water partition coefficient (Wildman–Crippen LogP) is 4.34. The molecule has 0 aromatic heterocycles. The van der Waals surface area contributed by atoms with Crippen molar-refractivity contribution >= 4 is 38.9 Å². The van der Waals surface area contributed by atoms with E-state index in [0.29, 0.717) is 12.0 Å². The minimum Gasteiger partial charge on any atom is -0.267 e. The highest BCUT2D eigenvalue weighted by Gasteiger charge is 2.30. The highest BCUT2D eigenvalue weighted by Crippen LogP contribution is 2.33. The highest BCUT2D eigenvalue weighted by molar-refractivity contribution is 7.90. The first-order valence-electron chi connectivity index (χ1n) is 8.66. The lowest BCUT2D eigenvalue weighted by molar-refractivity contribution is -0.113. The van der Waals surface area contributed by atoms with Crippen LogP contribution in [0.3, 0.4) is 0 Å². The molecule has 1 N–H and O–H groups in total. The van der Waals surface area contributed by atoms with E-state index < -0.39 is 33.5 Å². The molecule has 0 fully saturated rings. The van der Waals surface area contributed by atoms with Crippen LogP contribution < -0.4 is 4.72 Å². The van der Waals surface area contributed by atoms with E-state index in [-0.39, 0.29) is 26.9 Å². The van der Waals surface area contributed by atoms with Crippen molar-refractivity contribution in [2.45, 2.75) is 25.2 Å². The summed E-state index contributed by atoms with van der Waals surface area (Å²) in [6, 6.07) is 9.07. The zero-order valence-corrected chi connectivity index (χ0v) is 17.1. The van der Waals surface area contributed by atoms with Crippen molar-refractivity contribution in [3.8, 4) is 0 Å². The summed E-state index contributed by atoms with van der Waals surface area (Å²) in [6.45, 7) is 3.34. The zero-order chi connectivity index (χ0) is 21.3. The number of aliphatic imine (C=N–C) groups is 1. The average molecular weight is 439 g/mol. The first-order valence-corrected chi connectivity index (χ1v) is 10.5. The van der Waals surface area contributed by atoms with Crippen LogP contribution in [0.25, 0.3) is 5.70 Å². The van der Waals surface area contributed by atoms with E-state index in [4.69, 9.17) is 11.6 Å². The Kier molecular flexibility index (Phi) is 5.86. The molecular formula is C20H17ClF2N2O3S. The van der Waals surface area contributed by atoms with Gasteiger partial charge in [-0.2, -0.15) is 0 Å². The minimum absolute atomic E-state index is 0.0148. The quantitative estimate of drug-likeness (QED) is 0.771. The number of amides is 1. The number of hydrogen-bond acceptors (Lipinski definition) is 4. The summed E-state index contributed by atoms with van der Waals surface area (Å²) in [7, 11) is -4.25. The molecule has 0 aliphatic carbocycles. The fourth-order valence-corrected chi connectivity index (χ4v) is 4.62. The number of sulfonamides is 1. The van der Waals surface area contributed by atoms with Gasteiger partial charge in [0.05, 0.1) is 16.3 Å². The molecule has 0 radical (unpaired) electrons. The lowest BCUT2D eigenvalue weighted by atomic mass is 9.90. The van der Waals surface area contributed by atoms with E-state index >= 15 is 0 Å². The fourth-order valence-electron chi connectivity index (χ4n) is 3.14. The molecule has 1 unspecified atom stereocenters. The Hall–Kier alpha value is -2.58. The van der Waals surface area contributed by atoms with Gasteiger partial charge in [0.1, 0.15) is 22.2 Å². The summed E-state index contributed by atoms with van der Waals surface area (Å²) in [5.74, 6) is -3.06. The van der Waals surface area contributed by atoms with Crippen LogP contribution in [0.4, 0.5) is 8.78 Å². The Labute approximate surface area is 172 Å². The standard InChI is InChI=1S/C20H17ClF2N2O3S/c1-11-10-12(2)19(24-18(11)17-14(22)7-5-8-15(17)23)20(26)25-29(27,28)16-9-4-3-6-13(16)21/h3-9,12H,10H2,1-2H3,(H,25,26). The molecule has 152 valence electrons. The number of nitrogens with zero attached hydrogens (tertiary/aromatic N) is 1. The molecule has 2 aromatic carbocycles. The van der Waals surface area contributed by atoms with Crippen LogP contribution in [-0.4, -0.2) is 20.0 Å². The van der Waals surface area contributed by atoms with Gasteiger partial charge in [-0.15, -0.1) is 0 Å². The van der Waals surface area contributed by atoms with Gasteiger partial charge in [0.2, 0.25) is 0 Å². The monoisotopic (exact) mass is 438 g/mol. The topological polar surface area (TPSA) is 75.6 Å². The number of allylic oxidation sites excluding steroid dienone is 1. The first kappa shape index (κ1) is 21.1. The molecule has 0 spiro atoms. The third kappa shape index (κ3) is 4.23. The molecule has 5 nitrogen and oxygen atoms in total. The van der Waals surface area contributed by atoms with Crippen molar-refractivity contribution < 1.29 is 22.0 Å². The molecule has 0 saturated heterocycles.